The van der Waals surface area contributed by atoms with Gasteiger partial charge in [-0.1, -0.05) is 12.1 Å². The lowest BCUT2D eigenvalue weighted by molar-refractivity contribution is -0.175. The zero-order valence-electron chi connectivity index (χ0n) is 22.5. The van der Waals surface area contributed by atoms with Crippen LogP contribution in [0.25, 0.3) is 11.1 Å². The predicted molar refractivity (Wildman–Crippen MR) is 139 cm³/mol. The number of phenolic OH excluding ortho intramolecular Hbond substituents is 1. The van der Waals surface area contributed by atoms with Gasteiger partial charge >= 0.3 is 6.18 Å². The first-order chi connectivity index (χ1) is 19.7. The lowest BCUT2D eigenvalue weighted by Gasteiger charge is -2.48. The van der Waals surface area contributed by atoms with E-state index in [1.54, 1.807) is 24.3 Å². The van der Waals surface area contributed by atoms with Crippen LogP contribution in [0.4, 0.5) is 13.2 Å². The van der Waals surface area contributed by atoms with E-state index in [0.717, 1.165) is 0 Å². The highest BCUT2D eigenvalue weighted by Crippen LogP contribution is 2.51. The van der Waals surface area contributed by atoms with Crippen LogP contribution in [0.3, 0.4) is 0 Å². The Bertz CT molecular complexity index is 1530. The summed E-state index contributed by atoms with van der Waals surface area (Å²) in [5.41, 5.74) is 4.17. The fraction of sp³-hybridized carbons (Fsp3) is 0.433. The number of halogens is 3. The first-order valence-corrected chi connectivity index (χ1v) is 13.4. The Morgan fingerprint density at radius 1 is 1.07 bits per heavy atom. The van der Waals surface area contributed by atoms with Crippen LogP contribution in [-0.4, -0.2) is 58.1 Å². The maximum Gasteiger partial charge on any atom is 0.389 e. The van der Waals surface area contributed by atoms with Gasteiger partial charge in [0, 0.05) is 24.3 Å². The smallest absolute Gasteiger partial charge is 0.389 e. The van der Waals surface area contributed by atoms with Crippen molar-refractivity contribution in [3.8, 4) is 22.6 Å². The molecular weight excluding hydrogens is 559 g/mol. The summed E-state index contributed by atoms with van der Waals surface area (Å²) in [5, 5.41) is 22.1. The highest BCUT2D eigenvalue weighted by molar-refractivity contribution is 6.31. The lowest BCUT2D eigenvalue weighted by Crippen LogP contribution is -2.68. The van der Waals surface area contributed by atoms with Crippen LogP contribution in [0, 0.1) is 23.7 Å². The average molecular weight is 588 g/mol. The second-order valence-corrected chi connectivity index (χ2v) is 11.2. The number of nitrogens with two attached hydrogens (primary N) is 1. The molecule has 3 aliphatic rings. The second-order valence-electron chi connectivity index (χ2n) is 11.2. The molecule has 0 aromatic heterocycles. The molecule has 42 heavy (non-hydrogen) atoms. The fourth-order valence-electron chi connectivity index (χ4n) is 6.83. The van der Waals surface area contributed by atoms with Crippen molar-refractivity contribution in [2.24, 2.45) is 29.4 Å². The summed E-state index contributed by atoms with van der Waals surface area (Å²) in [6.45, 7) is 0. The van der Waals surface area contributed by atoms with Gasteiger partial charge in [0.05, 0.1) is 18.6 Å². The van der Waals surface area contributed by atoms with Gasteiger partial charge in [0.2, 0.25) is 5.91 Å². The van der Waals surface area contributed by atoms with Crippen LogP contribution < -0.4 is 10.5 Å². The van der Waals surface area contributed by atoms with Gasteiger partial charge in [0.25, 0.3) is 0 Å². The zero-order valence-corrected chi connectivity index (χ0v) is 22.5. The molecule has 1 amide bonds. The number of hydrogen-bond acceptors (Lipinski definition) is 8. The van der Waals surface area contributed by atoms with Crippen molar-refractivity contribution in [1.82, 2.24) is 0 Å². The van der Waals surface area contributed by atoms with Crippen LogP contribution in [0.15, 0.2) is 30.3 Å². The molecule has 0 heterocycles. The monoisotopic (exact) mass is 587 g/mol. The molecule has 2 aromatic rings. The highest BCUT2D eigenvalue weighted by atomic mass is 19.4. The number of methoxy groups -OCH3 is 1. The summed E-state index contributed by atoms with van der Waals surface area (Å²) < 4.78 is 43.6. The molecule has 9 nitrogen and oxygen atoms in total. The molecule has 3 aliphatic carbocycles. The molecule has 0 spiro atoms. The molecule has 0 bridgehead atoms. The first kappa shape index (κ1) is 29.4. The van der Waals surface area contributed by atoms with Gasteiger partial charge in [0.1, 0.15) is 11.5 Å². The second kappa shape index (κ2) is 10.3. The van der Waals surface area contributed by atoms with E-state index in [-0.39, 0.29) is 31.2 Å². The van der Waals surface area contributed by atoms with Crippen LogP contribution in [0.2, 0.25) is 0 Å². The maximum absolute atomic E-state index is 13.8. The summed E-state index contributed by atoms with van der Waals surface area (Å²) >= 11 is 0. The molecule has 2 unspecified atom stereocenters. The third-order valence-corrected chi connectivity index (χ3v) is 8.77. The Morgan fingerprint density at radius 2 is 1.79 bits per heavy atom. The number of aromatic hydroxyl groups is 1. The van der Waals surface area contributed by atoms with Crippen LogP contribution in [0.5, 0.6) is 11.5 Å². The number of rotatable bonds is 6. The van der Waals surface area contributed by atoms with Gasteiger partial charge in [-0.15, -0.1) is 0 Å². The van der Waals surface area contributed by atoms with E-state index in [4.69, 9.17) is 10.5 Å². The normalized spacial score (nSPS) is 27.3. The Kier molecular flexibility index (Phi) is 7.24. The average Bonchev–Trinajstić information content (AvgIpc) is 2.90. The van der Waals surface area contributed by atoms with E-state index in [9.17, 15) is 47.4 Å². The number of ether oxygens (including phenoxy) is 1. The number of fused-ring (bicyclic) bond motifs is 3. The molecule has 2 aromatic carbocycles. The molecule has 0 aliphatic heterocycles. The van der Waals surface area contributed by atoms with Crippen molar-refractivity contribution in [1.29, 1.82) is 0 Å². The number of alkyl halides is 3. The van der Waals surface area contributed by atoms with Gasteiger partial charge in [-0.25, -0.2) is 0 Å². The molecule has 0 radical (unpaired) electrons. The van der Waals surface area contributed by atoms with Gasteiger partial charge < -0.3 is 20.7 Å². The number of aryl methyl sites for hydroxylation is 1. The maximum atomic E-state index is 13.8. The third kappa shape index (κ3) is 4.67. The molecule has 12 heteroatoms. The summed E-state index contributed by atoms with van der Waals surface area (Å²) in [6, 6.07) is 7.70. The minimum absolute atomic E-state index is 0.0525. The van der Waals surface area contributed by atoms with Gasteiger partial charge in [0.15, 0.2) is 34.7 Å². The Hall–Kier alpha value is -4.06. The van der Waals surface area contributed by atoms with Crippen molar-refractivity contribution in [3.63, 3.8) is 0 Å². The minimum atomic E-state index is -4.29. The molecule has 5 rings (SSSR count). The molecule has 0 saturated heterocycles. The number of primary amides is 1. The van der Waals surface area contributed by atoms with Crippen molar-refractivity contribution in [3.05, 3.63) is 47.0 Å². The highest BCUT2D eigenvalue weighted by Gasteiger charge is 2.66. The van der Waals surface area contributed by atoms with Crippen LogP contribution in [0.1, 0.15) is 47.2 Å². The lowest BCUT2D eigenvalue weighted by atomic mass is 9.53. The van der Waals surface area contributed by atoms with E-state index < -0.39 is 83.1 Å². The topological polar surface area (TPSA) is 161 Å². The molecule has 222 valence electrons. The van der Waals surface area contributed by atoms with Crippen molar-refractivity contribution < 1.29 is 52.1 Å². The minimum Gasteiger partial charge on any atom is -0.507 e. The number of carbonyl (C=O) groups excluding carboxylic acids is 5. The summed E-state index contributed by atoms with van der Waals surface area (Å²) in [5.74, 6) is -10.8. The summed E-state index contributed by atoms with van der Waals surface area (Å²) in [4.78, 5) is 64.9. The Balaban J connectivity index is 1.56. The number of aliphatic hydroxyl groups is 1. The molecule has 2 saturated carbocycles. The van der Waals surface area contributed by atoms with Crippen molar-refractivity contribution >= 4 is 29.0 Å². The van der Waals surface area contributed by atoms with E-state index in [1.165, 1.54) is 13.2 Å². The molecule has 2 fully saturated rings. The third-order valence-electron chi connectivity index (χ3n) is 8.77. The SMILES string of the molecule is COc1ccc(CCCC(F)(F)F)cc1-c1ccc(O)c2c1C[C@H]1C[C@H]3CC(=O)C(C(N)=O)C(=O)[C@@]3(O)C(=O)C1C2=O. The predicted octanol–water partition coefficient (Wildman–Crippen LogP) is 2.89. The molecular formula is C30H28F3NO8. The first-order valence-electron chi connectivity index (χ1n) is 13.4. The van der Waals surface area contributed by atoms with Crippen LogP contribution >= 0.6 is 0 Å². The quantitative estimate of drug-likeness (QED) is 0.435. The van der Waals surface area contributed by atoms with E-state index in [2.05, 4.69) is 0 Å². The van der Waals surface area contributed by atoms with E-state index >= 15 is 0 Å². The number of phenols is 1. The standard InChI is InChI=1S/C30H28F3NO8/c1-42-21-7-4-13(3-2-8-29(31,32)33)9-17(21)16-5-6-19(35)23-18(16)11-14-10-15-12-20(36)24(28(34)40)27(39)30(15,41)26(38)22(14)25(23)37/h4-7,9,14-15,22,24,35,41H,2-3,8,10-12H2,1H3,(H2,34,40)/t14-,15+,22?,24?,30+/m1/s1. The Labute approximate surface area is 237 Å². The summed E-state index contributed by atoms with van der Waals surface area (Å²) in [7, 11) is 1.41. The van der Waals surface area contributed by atoms with Crippen molar-refractivity contribution in [2.75, 3.05) is 7.11 Å². The summed E-state index contributed by atoms with van der Waals surface area (Å²) in [6.07, 6.45) is -5.71. The van der Waals surface area contributed by atoms with Crippen LogP contribution in [-0.2, 0) is 32.0 Å². The van der Waals surface area contributed by atoms with Gasteiger partial charge in [-0.3, -0.25) is 24.0 Å². The number of ketones is 4. The molecule has 4 N–H and O–H groups in total. The number of carbonyl (C=O) groups is 5. The Morgan fingerprint density at radius 3 is 2.43 bits per heavy atom. The number of amides is 1. The van der Waals surface area contributed by atoms with E-state index in [0.29, 0.717) is 28.0 Å². The fourth-order valence-corrected chi connectivity index (χ4v) is 6.83. The van der Waals surface area contributed by atoms with Crippen molar-refractivity contribution in [2.45, 2.75) is 50.3 Å². The van der Waals surface area contributed by atoms with Gasteiger partial charge in [-0.05, 0) is 66.5 Å². The number of benzene rings is 2. The molecule has 5 atom stereocenters. The van der Waals surface area contributed by atoms with E-state index in [1.807, 2.05) is 0 Å². The zero-order chi connectivity index (χ0) is 30.7. The largest absolute Gasteiger partial charge is 0.507 e. The van der Waals surface area contributed by atoms with Gasteiger partial charge in [-0.2, -0.15) is 13.2 Å². The number of hydrogen-bond donors (Lipinski definition) is 3. The number of Topliss-reactive ketones (excluding diaryl/α,β-unsaturated/α-hetero) is 4.